The lowest BCUT2D eigenvalue weighted by molar-refractivity contribution is -0.139. The van der Waals surface area contributed by atoms with Gasteiger partial charge < -0.3 is 15.0 Å². The molecule has 11 heteroatoms. The van der Waals surface area contributed by atoms with E-state index in [4.69, 9.17) is 27.9 Å². The number of anilines is 1. The number of nitrogens with zero attached hydrogens (tertiary/aromatic N) is 2. The molecule has 2 aromatic carbocycles. The Morgan fingerprint density at radius 3 is 2.39 bits per heavy atom. The first-order chi connectivity index (χ1) is 17.0. The minimum Gasteiger partial charge on any atom is -0.492 e. The van der Waals surface area contributed by atoms with Gasteiger partial charge in [-0.2, -0.15) is 0 Å². The second-order valence-corrected chi connectivity index (χ2v) is 11.0. The van der Waals surface area contributed by atoms with Crippen LogP contribution in [-0.4, -0.2) is 57.1 Å². The predicted octanol–water partition coefficient (Wildman–Crippen LogP) is 4.49. The highest BCUT2D eigenvalue weighted by molar-refractivity contribution is 7.92. The largest absolute Gasteiger partial charge is 0.492 e. The summed E-state index contributed by atoms with van der Waals surface area (Å²) < 4.78 is 32.1. The molecule has 2 rings (SSSR count). The zero-order valence-electron chi connectivity index (χ0n) is 21.0. The van der Waals surface area contributed by atoms with Crippen LogP contribution in [0.5, 0.6) is 5.75 Å². The Hall–Kier alpha value is -2.49. The van der Waals surface area contributed by atoms with Crippen molar-refractivity contribution in [1.29, 1.82) is 0 Å². The molecule has 0 saturated carbocycles. The van der Waals surface area contributed by atoms with E-state index in [9.17, 15) is 18.0 Å². The lowest BCUT2D eigenvalue weighted by atomic mass is 10.1. The van der Waals surface area contributed by atoms with Gasteiger partial charge in [-0.3, -0.25) is 13.9 Å². The summed E-state index contributed by atoms with van der Waals surface area (Å²) in [6.45, 7) is 5.71. The quantitative estimate of drug-likeness (QED) is 0.366. The fraction of sp³-hybridized carbons (Fsp3) is 0.440. The Morgan fingerprint density at radius 2 is 1.78 bits per heavy atom. The third-order valence-electron chi connectivity index (χ3n) is 5.45. The molecule has 36 heavy (non-hydrogen) atoms. The van der Waals surface area contributed by atoms with Crippen molar-refractivity contribution in [3.05, 3.63) is 58.1 Å². The van der Waals surface area contributed by atoms with E-state index in [0.29, 0.717) is 34.5 Å². The van der Waals surface area contributed by atoms with E-state index in [2.05, 4.69) is 5.32 Å². The molecule has 0 bridgehead atoms. The van der Waals surface area contributed by atoms with Gasteiger partial charge in [0.25, 0.3) is 0 Å². The first kappa shape index (κ1) is 29.7. The number of amides is 2. The van der Waals surface area contributed by atoms with Crippen molar-refractivity contribution >= 4 is 50.7 Å². The van der Waals surface area contributed by atoms with Gasteiger partial charge in [-0.15, -0.1) is 0 Å². The Kier molecular flexibility index (Phi) is 11.3. The average Bonchev–Trinajstić information content (AvgIpc) is 2.82. The van der Waals surface area contributed by atoms with E-state index in [1.54, 1.807) is 56.3 Å². The van der Waals surface area contributed by atoms with Gasteiger partial charge in [0.05, 0.1) is 28.6 Å². The highest BCUT2D eigenvalue weighted by Gasteiger charge is 2.31. The molecular formula is C25H33Cl2N3O5S. The Bertz CT molecular complexity index is 1160. The van der Waals surface area contributed by atoms with Gasteiger partial charge in [-0.05, 0) is 50.1 Å². The van der Waals surface area contributed by atoms with Crippen LogP contribution in [0.25, 0.3) is 0 Å². The molecule has 0 aromatic heterocycles. The van der Waals surface area contributed by atoms with Gasteiger partial charge in [0, 0.05) is 13.1 Å². The van der Waals surface area contributed by atoms with E-state index in [1.807, 2.05) is 6.92 Å². The van der Waals surface area contributed by atoms with Crippen molar-refractivity contribution < 1.29 is 22.7 Å². The summed E-state index contributed by atoms with van der Waals surface area (Å²) in [6, 6.07) is 10.7. The number of sulfonamides is 1. The number of unbranched alkanes of at least 4 members (excludes halogenated alkanes) is 1. The van der Waals surface area contributed by atoms with Crippen molar-refractivity contribution in [2.24, 2.45) is 0 Å². The standard InChI is InChI=1S/C25H33Cl2N3O5S/c1-5-7-14-28-25(32)18(3)29(16-19-12-13-20(26)21(27)15-19)24(31)17-30(36(4,33)34)22-10-8-9-11-23(22)35-6-2/h8-13,15,18H,5-7,14,16-17H2,1-4H3,(H,28,32)/t18-/m0/s1. The molecule has 1 N–H and O–H groups in total. The lowest BCUT2D eigenvalue weighted by Crippen LogP contribution is -2.51. The summed E-state index contributed by atoms with van der Waals surface area (Å²) in [4.78, 5) is 27.8. The molecule has 0 aliphatic carbocycles. The van der Waals surface area contributed by atoms with Crippen molar-refractivity contribution in [2.45, 2.75) is 46.2 Å². The van der Waals surface area contributed by atoms with E-state index in [1.165, 1.54) is 4.90 Å². The van der Waals surface area contributed by atoms with E-state index < -0.39 is 28.5 Å². The molecule has 0 saturated heterocycles. The number of carbonyl (C=O) groups excluding carboxylic acids is 2. The zero-order valence-corrected chi connectivity index (χ0v) is 23.3. The van der Waals surface area contributed by atoms with Gasteiger partial charge in [-0.25, -0.2) is 8.42 Å². The normalized spacial score (nSPS) is 12.1. The molecule has 0 unspecified atom stereocenters. The van der Waals surface area contributed by atoms with Crippen LogP contribution in [0.1, 0.15) is 39.2 Å². The Labute approximate surface area is 223 Å². The number of benzene rings is 2. The summed E-state index contributed by atoms with van der Waals surface area (Å²) in [5.41, 5.74) is 0.885. The van der Waals surface area contributed by atoms with E-state index >= 15 is 0 Å². The number of para-hydroxylation sites is 2. The third-order valence-corrected chi connectivity index (χ3v) is 7.31. The number of hydrogen-bond donors (Lipinski definition) is 1. The van der Waals surface area contributed by atoms with Crippen LogP contribution in [0.2, 0.25) is 10.0 Å². The number of nitrogens with one attached hydrogen (secondary N) is 1. The van der Waals surface area contributed by atoms with Crippen LogP contribution in [0.15, 0.2) is 42.5 Å². The zero-order chi connectivity index (χ0) is 26.9. The molecule has 8 nitrogen and oxygen atoms in total. The smallest absolute Gasteiger partial charge is 0.244 e. The number of carbonyl (C=O) groups is 2. The molecule has 0 radical (unpaired) electrons. The Balaban J connectivity index is 2.42. The van der Waals surface area contributed by atoms with Gasteiger partial charge >= 0.3 is 0 Å². The lowest BCUT2D eigenvalue weighted by Gasteiger charge is -2.32. The molecule has 0 spiro atoms. The fourth-order valence-corrected chi connectivity index (χ4v) is 4.66. The second kappa shape index (κ2) is 13.7. The molecular weight excluding hydrogens is 525 g/mol. The first-order valence-corrected chi connectivity index (χ1v) is 14.3. The SMILES string of the molecule is CCCCNC(=O)[C@H](C)N(Cc1ccc(Cl)c(Cl)c1)C(=O)CN(c1ccccc1OCC)S(C)(=O)=O. The van der Waals surface area contributed by atoms with Crippen molar-refractivity contribution in [3.8, 4) is 5.75 Å². The van der Waals surface area contributed by atoms with Gasteiger partial charge in [0.1, 0.15) is 18.3 Å². The molecule has 1 atom stereocenters. The minimum absolute atomic E-state index is 0.0306. The number of hydrogen-bond acceptors (Lipinski definition) is 5. The second-order valence-electron chi connectivity index (χ2n) is 8.26. The summed E-state index contributed by atoms with van der Waals surface area (Å²) in [5, 5.41) is 3.51. The minimum atomic E-state index is -3.87. The molecule has 0 aliphatic rings. The van der Waals surface area contributed by atoms with Gasteiger partial charge in [0.15, 0.2) is 0 Å². The average molecular weight is 559 g/mol. The van der Waals surface area contributed by atoms with Crippen LogP contribution < -0.4 is 14.4 Å². The summed E-state index contributed by atoms with van der Waals surface area (Å²) in [7, 11) is -3.87. The van der Waals surface area contributed by atoms with E-state index in [-0.39, 0.29) is 18.1 Å². The van der Waals surface area contributed by atoms with Gasteiger partial charge in [-0.1, -0.05) is 54.7 Å². The maximum Gasteiger partial charge on any atom is 0.244 e. The van der Waals surface area contributed by atoms with Crippen LogP contribution >= 0.6 is 23.2 Å². The molecule has 0 fully saturated rings. The number of rotatable bonds is 13. The maximum absolute atomic E-state index is 13.6. The van der Waals surface area contributed by atoms with Crippen molar-refractivity contribution in [1.82, 2.24) is 10.2 Å². The monoisotopic (exact) mass is 557 g/mol. The summed E-state index contributed by atoms with van der Waals surface area (Å²) >= 11 is 12.2. The summed E-state index contributed by atoms with van der Waals surface area (Å²) in [5.74, 6) is -0.562. The molecule has 2 aromatic rings. The highest BCUT2D eigenvalue weighted by Crippen LogP contribution is 2.30. The first-order valence-electron chi connectivity index (χ1n) is 11.7. The fourth-order valence-electron chi connectivity index (χ4n) is 3.49. The van der Waals surface area contributed by atoms with Crippen LogP contribution in [0.3, 0.4) is 0 Å². The topological polar surface area (TPSA) is 96.0 Å². The predicted molar refractivity (Wildman–Crippen MR) is 144 cm³/mol. The van der Waals surface area contributed by atoms with Crippen molar-refractivity contribution in [2.75, 3.05) is 30.3 Å². The van der Waals surface area contributed by atoms with Crippen LogP contribution in [-0.2, 0) is 26.2 Å². The maximum atomic E-state index is 13.6. The number of halogens is 2. The van der Waals surface area contributed by atoms with E-state index in [0.717, 1.165) is 23.4 Å². The van der Waals surface area contributed by atoms with Crippen LogP contribution in [0, 0.1) is 0 Å². The van der Waals surface area contributed by atoms with Gasteiger partial charge in [0.2, 0.25) is 21.8 Å². The van der Waals surface area contributed by atoms with Crippen molar-refractivity contribution in [3.63, 3.8) is 0 Å². The summed E-state index contributed by atoms with van der Waals surface area (Å²) in [6.07, 6.45) is 2.73. The molecule has 0 heterocycles. The van der Waals surface area contributed by atoms with Crippen LogP contribution in [0.4, 0.5) is 5.69 Å². The third kappa shape index (κ3) is 8.28. The number of ether oxygens (including phenoxy) is 1. The molecule has 198 valence electrons. The molecule has 2 amide bonds. The Morgan fingerprint density at radius 1 is 1.08 bits per heavy atom. The highest BCUT2D eigenvalue weighted by atomic mass is 35.5. The molecule has 0 aliphatic heterocycles.